The van der Waals surface area contributed by atoms with Crippen molar-refractivity contribution in [3.05, 3.63) is 10.6 Å². The van der Waals surface area contributed by atoms with Crippen molar-refractivity contribution in [3.8, 4) is 0 Å². The molecule has 2 unspecified atom stereocenters. The normalized spacial score (nSPS) is 24.2. The van der Waals surface area contributed by atoms with Crippen molar-refractivity contribution >= 4 is 16.5 Å². The number of fused-ring (bicyclic) bond motifs is 1. The lowest BCUT2D eigenvalue weighted by molar-refractivity contribution is 0.211. The number of ether oxygens (including phenoxy) is 1. The molecule has 1 aromatic rings. The van der Waals surface area contributed by atoms with Gasteiger partial charge < -0.3 is 10.1 Å². The van der Waals surface area contributed by atoms with Crippen LogP contribution in [-0.4, -0.2) is 25.2 Å². The Morgan fingerprint density at radius 2 is 2.12 bits per heavy atom. The minimum Gasteiger partial charge on any atom is -0.383 e. The first-order chi connectivity index (χ1) is 7.72. The van der Waals surface area contributed by atoms with Crippen LogP contribution in [0.25, 0.3) is 0 Å². The molecule has 16 heavy (non-hydrogen) atoms. The Bertz CT molecular complexity index is 323. The van der Waals surface area contributed by atoms with Gasteiger partial charge in [0.1, 0.15) is 0 Å². The van der Waals surface area contributed by atoms with E-state index in [1.54, 1.807) is 7.11 Å². The third-order valence-electron chi connectivity index (χ3n) is 3.21. The van der Waals surface area contributed by atoms with Crippen molar-refractivity contribution in [2.45, 2.75) is 38.5 Å². The standard InChI is InChI=1S/C12H20N2OS/c1-8-4-5-9(2)11-10(8)14-12(16-11)13-6-7-15-3/h8-9H,4-7H2,1-3H3,(H,13,14). The molecule has 0 aromatic carbocycles. The molecule has 0 fully saturated rings. The topological polar surface area (TPSA) is 34.1 Å². The van der Waals surface area contributed by atoms with Gasteiger partial charge in [-0.1, -0.05) is 13.8 Å². The van der Waals surface area contributed by atoms with Gasteiger partial charge in [0, 0.05) is 18.5 Å². The number of hydrogen-bond acceptors (Lipinski definition) is 4. The second-order valence-corrected chi connectivity index (χ2v) is 5.60. The molecule has 1 heterocycles. The van der Waals surface area contributed by atoms with Gasteiger partial charge in [0.25, 0.3) is 0 Å². The van der Waals surface area contributed by atoms with Crippen LogP contribution < -0.4 is 5.32 Å². The third-order valence-corrected chi connectivity index (χ3v) is 4.47. The molecule has 3 nitrogen and oxygen atoms in total. The fraction of sp³-hybridized carbons (Fsp3) is 0.750. The van der Waals surface area contributed by atoms with Gasteiger partial charge in [0.2, 0.25) is 0 Å². The predicted octanol–water partition coefficient (Wildman–Crippen LogP) is 3.20. The summed E-state index contributed by atoms with van der Waals surface area (Å²) in [4.78, 5) is 6.19. The lowest BCUT2D eigenvalue weighted by atomic mass is 9.86. The third kappa shape index (κ3) is 2.38. The monoisotopic (exact) mass is 240 g/mol. The maximum atomic E-state index is 5.02. The highest BCUT2D eigenvalue weighted by Crippen LogP contribution is 2.42. The number of nitrogens with zero attached hydrogens (tertiary/aromatic N) is 1. The van der Waals surface area contributed by atoms with Crippen LogP contribution in [0.4, 0.5) is 5.13 Å². The zero-order valence-electron chi connectivity index (χ0n) is 10.2. The summed E-state index contributed by atoms with van der Waals surface area (Å²) in [6.45, 7) is 6.16. The molecule has 0 bridgehead atoms. The zero-order chi connectivity index (χ0) is 11.5. The quantitative estimate of drug-likeness (QED) is 0.821. The molecule has 1 aliphatic carbocycles. The molecule has 1 aromatic heterocycles. The van der Waals surface area contributed by atoms with Gasteiger partial charge in [-0.2, -0.15) is 0 Å². The number of rotatable bonds is 4. The van der Waals surface area contributed by atoms with E-state index < -0.39 is 0 Å². The van der Waals surface area contributed by atoms with Gasteiger partial charge in [-0.15, -0.1) is 11.3 Å². The van der Waals surface area contributed by atoms with Crippen molar-refractivity contribution < 1.29 is 4.74 Å². The number of thiazole rings is 1. The summed E-state index contributed by atoms with van der Waals surface area (Å²) in [6, 6.07) is 0. The van der Waals surface area contributed by atoms with Crippen LogP contribution in [0.3, 0.4) is 0 Å². The lowest BCUT2D eigenvalue weighted by Gasteiger charge is -2.21. The molecule has 0 spiro atoms. The molecule has 90 valence electrons. The molecule has 0 radical (unpaired) electrons. The Labute approximate surface area is 101 Å². The second kappa shape index (κ2) is 5.15. The SMILES string of the molecule is COCCNc1nc2c(s1)C(C)CCC2C. The summed E-state index contributed by atoms with van der Waals surface area (Å²) in [6.07, 6.45) is 2.57. The summed E-state index contributed by atoms with van der Waals surface area (Å²) in [5, 5.41) is 4.38. The molecule has 2 rings (SSSR count). The van der Waals surface area contributed by atoms with E-state index in [4.69, 9.17) is 9.72 Å². The smallest absolute Gasteiger partial charge is 0.183 e. The summed E-state index contributed by atoms with van der Waals surface area (Å²) < 4.78 is 5.02. The van der Waals surface area contributed by atoms with Crippen molar-refractivity contribution in [2.75, 3.05) is 25.6 Å². The van der Waals surface area contributed by atoms with Crippen molar-refractivity contribution in [1.82, 2.24) is 4.98 Å². The van der Waals surface area contributed by atoms with Gasteiger partial charge in [-0.3, -0.25) is 0 Å². The number of methoxy groups -OCH3 is 1. The van der Waals surface area contributed by atoms with Gasteiger partial charge in [-0.05, 0) is 24.7 Å². The largest absolute Gasteiger partial charge is 0.383 e. The van der Waals surface area contributed by atoms with Crippen molar-refractivity contribution in [1.29, 1.82) is 0 Å². The predicted molar refractivity (Wildman–Crippen MR) is 68.5 cm³/mol. The fourth-order valence-corrected chi connectivity index (χ4v) is 3.35. The van der Waals surface area contributed by atoms with Crippen LogP contribution in [0.1, 0.15) is 49.1 Å². The lowest BCUT2D eigenvalue weighted by Crippen LogP contribution is -2.09. The second-order valence-electron chi connectivity index (χ2n) is 4.57. The Balaban J connectivity index is 2.09. The molecular weight excluding hydrogens is 220 g/mol. The summed E-state index contributed by atoms with van der Waals surface area (Å²) in [7, 11) is 1.72. The number of aromatic nitrogens is 1. The molecule has 0 saturated carbocycles. The molecule has 2 atom stereocenters. The minimum atomic E-state index is 0.625. The van der Waals surface area contributed by atoms with E-state index in [0.717, 1.165) is 18.3 Å². The molecular formula is C12H20N2OS. The first kappa shape index (κ1) is 11.9. The average Bonchev–Trinajstić information content (AvgIpc) is 2.69. The first-order valence-electron chi connectivity index (χ1n) is 5.95. The van der Waals surface area contributed by atoms with Crippen LogP contribution in [0.15, 0.2) is 0 Å². The van der Waals surface area contributed by atoms with Crippen LogP contribution in [0.2, 0.25) is 0 Å². The van der Waals surface area contributed by atoms with Crippen molar-refractivity contribution in [2.24, 2.45) is 0 Å². The highest BCUT2D eigenvalue weighted by molar-refractivity contribution is 7.15. The summed E-state index contributed by atoms with van der Waals surface area (Å²) >= 11 is 1.82. The highest BCUT2D eigenvalue weighted by atomic mass is 32.1. The van der Waals surface area contributed by atoms with E-state index in [1.807, 2.05) is 11.3 Å². The molecule has 0 saturated heterocycles. The van der Waals surface area contributed by atoms with Crippen LogP contribution in [0.5, 0.6) is 0 Å². The van der Waals surface area contributed by atoms with Crippen LogP contribution in [0, 0.1) is 0 Å². The van der Waals surface area contributed by atoms with Gasteiger partial charge >= 0.3 is 0 Å². The number of nitrogens with one attached hydrogen (secondary N) is 1. The fourth-order valence-electron chi connectivity index (χ4n) is 2.15. The minimum absolute atomic E-state index is 0.625. The molecule has 4 heteroatoms. The maximum absolute atomic E-state index is 5.02. The highest BCUT2D eigenvalue weighted by Gasteiger charge is 2.26. The van der Waals surface area contributed by atoms with Crippen LogP contribution >= 0.6 is 11.3 Å². The van der Waals surface area contributed by atoms with E-state index in [1.165, 1.54) is 23.4 Å². The van der Waals surface area contributed by atoms with E-state index in [9.17, 15) is 0 Å². The van der Waals surface area contributed by atoms with E-state index >= 15 is 0 Å². The maximum Gasteiger partial charge on any atom is 0.183 e. The van der Waals surface area contributed by atoms with Gasteiger partial charge in [0.15, 0.2) is 5.13 Å². The van der Waals surface area contributed by atoms with E-state index in [0.29, 0.717) is 11.8 Å². The zero-order valence-corrected chi connectivity index (χ0v) is 11.1. The van der Waals surface area contributed by atoms with Gasteiger partial charge in [-0.25, -0.2) is 4.98 Å². The van der Waals surface area contributed by atoms with Gasteiger partial charge in [0.05, 0.1) is 12.3 Å². The van der Waals surface area contributed by atoms with Crippen LogP contribution in [-0.2, 0) is 4.74 Å². The summed E-state index contributed by atoms with van der Waals surface area (Å²) in [5.74, 6) is 1.31. The Hall–Kier alpha value is -0.610. The molecule has 1 N–H and O–H groups in total. The average molecular weight is 240 g/mol. The molecule has 1 aliphatic rings. The summed E-state index contributed by atoms with van der Waals surface area (Å²) in [5.41, 5.74) is 1.32. The Morgan fingerprint density at radius 3 is 2.81 bits per heavy atom. The van der Waals surface area contributed by atoms with E-state index in [2.05, 4.69) is 19.2 Å². The van der Waals surface area contributed by atoms with E-state index in [-0.39, 0.29) is 0 Å². The Morgan fingerprint density at radius 1 is 1.38 bits per heavy atom. The Kier molecular flexibility index (Phi) is 3.82. The van der Waals surface area contributed by atoms with Crippen molar-refractivity contribution in [3.63, 3.8) is 0 Å². The number of anilines is 1. The first-order valence-corrected chi connectivity index (χ1v) is 6.77. The number of hydrogen-bond donors (Lipinski definition) is 1. The molecule has 0 aliphatic heterocycles. The molecule has 0 amide bonds.